The van der Waals surface area contributed by atoms with E-state index >= 15 is 0 Å². The maximum Gasteiger partial charge on any atom is 0.342 e. The lowest BCUT2D eigenvalue weighted by atomic mass is 9.96. The van der Waals surface area contributed by atoms with Crippen LogP contribution in [0.1, 0.15) is 79.9 Å². The molecular formula is C28H38N4O4. The molecular weight excluding hydrogens is 456 g/mol. The van der Waals surface area contributed by atoms with Crippen LogP contribution >= 0.6 is 0 Å². The van der Waals surface area contributed by atoms with Crippen molar-refractivity contribution >= 4 is 17.8 Å². The number of carbonyl (C=O) groups is 3. The number of nitrogens with zero attached hydrogens (tertiary/aromatic N) is 4. The van der Waals surface area contributed by atoms with Gasteiger partial charge in [-0.05, 0) is 33.6 Å². The summed E-state index contributed by atoms with van der Waals surface area (Å²) in [7, 11) is 0. The molecule has 3 rings (SSSR count). The van der Waals surface area contributed by atoms with Crippen LogP contribution in [0.5, 0.6) is 0 Å². The van der Waals surface area contributed by atoms with Gasteiger partial charge in [-0.15, -0.1) is 0 Å². The van der Waals surface area contributed by atoms with Crippen LogP contribution < -0.4 is 0 Å². The van der Waals surface area contributed by atoms with Gasteiger partial charge in [0.05, 0.1) is 12.3 Å². The number of hydrogen-bond acceptors (Lipinski definition) is 6. The summed E-state index contributed by atoms with van der Waals surface area (Å²) in [4.78, 5) is 52.4. The van der Waals surface area contributed by atoms with Gasteiger partial charge in [-0.25, -0.2) is 14.8 Å². The van der Waals surface area contributed by atoms with Crippen molar-refractivity contribution in [3.05, 3.63) is 47.3 Å². The summed E-state index contributed by atoms with van der Waals surface area (Å²) >= 11 is 0. The van der Waals surface area contributed by atoms with Crippen LogP contribution in [0.25, 0.3) is 11.4 Å². The second-order valence-corrected chi connectivity index (χ2v) is 9.32. The number of aromatic nitrogens is 2. The number of rotatable bonds is 9. The number of piperazine rings is 1. The molecule has 0 aliphatic carbocycles. The van der Waals surface area contributed by atoms with Crippen LogP contribution in [0.3, 0.4) is 0 Å². The summed E-state index contributed by atoms with van der Waals surface area (Å²) in [6.45, 7) is 11.0. The Morgan fingerprint density at radius 1 is 1.08 bits per heavy atom. The number of carbonyl (C=O) groups excluding carboxylic acids is 3. The molecule has 2 aromatic rings. The summed E-state index contributed by atoms with van der Waals surface area (Å²) in [6, 6.07) is 9.23. The van der Waals surface area contributed by atoms with Gasteiger partial charge in [0.15, 0.2) is 5.82 Å². The topological polar surface area (TPSA) is 92.7 Å². The van der Waals surface area contributed by atoms with Crippen LogP contribution in [-0.2, 0) is 9.53 Å². The zero-order valence-electron chi connectivity index (χ0n) is 22.1. The summed E-state index contributed by atoms with van der Waals surface area (Å²) in [5, 5.41) is 0. The van der Waals surface area contributed by atoms with Crippen molar-refractivity contribution < 1.29 is 19.1 Å². The number of ether oxygens (including phenoxy) is 1. The van der Waals surface area contributed by atoms with Crippen molar-refractivity contribution in [3.63, 3.8) is 0 Å². The van der Waals surface area contributed by atoms with Gasteiger partial charge in [0.2, 0.25) is 5.91 Å². The first-order valence-electron chi connectivity index (χ1n) is 13.0. The number of aryl methyl sites for hydroxylation is 1. The molecule has 1 fully saturated rings. The minimum atomic E-state index is -0.610. The quantitative estimate of drug-likeness (QED) is 0.476. The first-order chi connectivity index (χ1) is 17.3. The molecule has 2 unspecified atom stereocenters. The maximum absolute atomic E-state index is 13.7. The number of hydrogen-bond donors (Lipinski definition) is 0. The second kappa shape index (κ2) is 12.6. The molecule has 2 atom stereocenters. The van der Waals surface area contributed by atoms with E-state index in [9.17, 15) is 14.4 Å². The van der Waals surface area contributed by atoms with E-state index < -0.39 is 5.97 Å². The molecule has 2 heterocycles. The summed E-state index contributed by atoms with van der Waals surface area (Å²) in [5.41, 5.74) is 1.29. The van der Waals surface area contributed by atoms with Gasteiger partial charge >= 0.3 is 5.97 Å². The van der Waals surface area contributed by atoms with Gasteiger partial charge in [0.1, 0.15) is 11.3 Å². The van der Waals surface area contributed by atoms with E-state index in [4.69, 9.17) is 4.74 Å². The first kappa shape index (κ1) is 27.3. The molecule has 0 bridgehead atoms. The lowest BCUT2D eigenvalue weighted by Gasteiger charge is -2.41. The molecule has 0 spiro atoms. The molecule has 1 aromatic heterocycles. The van der Waals surface area contributed by atoms with Crippen LogP contribution in [0.2, 0.25) is 0 Å². The van der Waals surface area contributed by atoms with E-state index in [2.05, 4.69) is 23.8 Å². The van der Waals surface area contributed by atoms with Gasteiger partial charge in [0.25, 0.3) is 5.91 Å². The molecule has 36 heavy (non-hydrogen) atoms. The molecule has 194 valence electrons. The molecule has 0 saturated carbocycles. The lowest BCUT2D eigenvalue weighted by molar-refractivity contribution is -0.140. The number of benzene rings is 1. The third-order valence-corrected chi connectivity index (χ3v) is 6.75. The predicted molar refractivity (Wildman–Crippen MR) is 139 cm³/mol. The van der Waals surface area contributed by atoms with Crippen LogP contribution in [-0.4, -0.2) is 69.8 Å². The highest BCUT2D eigenvalue weighted by molar-refractivity contribution is 6.05. The number of unbranched alkanes of at least 4 members (excludes halogenated alkanes) is 1. The average Bonchev–Trinajstić information content (AvgIpc) is 2.88. The fraction of sp³-hybridized carbons (Fsp3) is 0.536. The minimum absolute atomic E-state index is 0.0167. The Bertz CT molecular complexity index is 1070. The summed E-state index contributed by atoms with van der Waals surface area (Å²) in [5.74, 6) is -0.391. The molecule has 0 radical (unpaired) electrons. The molecule has 1 aliphatic rings. The Labute approximate surface area is 214 Å². The first-order valence-corrected chi connectivity index (χ1v) is 13.0. The standard InChI is InChI=1S/C28H38N4O4/c1-6-9-13-21(7-2)26(33)32-17-16-31(18-19(32)4)27(34)24-23(28(35)36-8-3)20(5)29-25(30-24)22-14-11-10-12-15-22/h10-12,14-15,19,21H,6-9,13,16-18H2,1-5H3. The van der Waals surface area contributed by atoms with Gasteiger partial charge in [-0.3, -0.25) is 9.59 Å². The third kappa shape index (κ3) is 6.09. The van der Waals surface area contributed by atoms with E-state index in [1.807, 2.05) is 42.2 Å². The predicted octanol–water partition coefficient (Wildman–Crippen LogP) is 4.52. The average molecular weight is 495 g/mol. The zero-order chi connectivity index (χ0) is 26.2. The van der Waals surface area contributed by atoms with E-state index in [1.165, 1.54) is 0 Å². The van der Waals surface area contributed by atoms with Crippen molar-refractivity contribution in [1.29, 1.82) is 0 Å². The van der Waals surface area contributed by atoms with Crippen molar-refractivity contribution in [3.8, 4) is 11.4 Å². The van der Waals surface area contributed by atoms with Gasteiger partial charge in [0, 0.05) is 37.2 Å². The highest BCUT2D eigenvalue weighted by Gasteiger charge is 2.35. The van der Waals surface area contributed by atoms with E-state index in [1.54, 1.807) is 18.7 Å². The Morgan fingerprint density at radius 2 is 1.81 bits per heavy atom. The second-order valence-electron chi connectivity index (χ2n) is 9.32. The largest absolute Gasteiger partial charge is 0.462 e. The Hall–Kier alpha value is -3.29. The van der Waals surface area contributed by atoms with Crippen LogP contribution in [0.15, 0.2) is 30.3 Å². The highest BCUT2D eigenvalue weighted by Crippen LogP contribution is 2.24. The van der Waals surface area contributed by atoms with Gasteiger partial charge in [-0.1, -0.05) is 57.0 Å². The molecule has 2 amide bonds. The third-order valence-electron chi connectivity index (χ3n) is 6.75. The molecule has 0 N–H and O–H groups in total. The monoisotopic (exact) mass is 494 g/mol. The molecule has 8 heteroatoms. The van der Waals surface area contributed by atoms with Crippen molar-refractivity contribution in [2.24, 2.45) is 5.92 Å². The Morgan fingerprint density at radius 3 is 2.42 bits per heavy atom. The van der Waals surface area contributed by atoms with Crippen molar-refractivity contribution in [2.75, 3.05) is 26.2 Å². The van der Waals surface area contributed by atoms with E-state index in [0.29, 0.717) is 31.2 Å². The SMILES string of the molecule is CCCCC(CC)C(=O)N1CCN(C(=O)c2nc(-c3ccccc3)nc(C)c2C(=O)OCC)CC1C. The summed E-state index contributed by atoms with van der Waals surface area (Å²) < 4.78 is 5.23. The van der Waals surface area contributed by atoms with Crippen LogP contribution in [0.4, 0.5) is 0 Å². The number of amides is 2. The highest BCUT2D eigenvalue weighted by atomic mass is 16.5. The van der Waals surface area contributed by atoms with Crippen LogP contribution in [0, 0.1) is 12.8 Å². The maximum atomic E-state index is 13.7. The summed E-state index contributed by atoms with van der Waals surface area (Å²) in [6.07, 6.45) is 3.80. The van der Waals surface area contributed by atoms with E-state index in [0.717, 1.165) is 31.2 Å². The van der Waals surface area contributed by atoms with Gasteiger partial charge in [-0.2, -0.15) is 0 Å². The van der Waals surface area contributed by atoms with Gasteiger partial charge < -0.3 is 14.5 Å². The van der Waals surface area contributed by atoms with E-state index in [-0.39, 0.29) is 41.6 Å². The Balaban J connectivity index is 1.88. The molecule has 1 saturated heterocycles. The molecule has 8 nitrogen and oxygen atoms in total. The Kier molecular flexibility index (Phi) is 9.56. The lowest BCUT2D eigenvalue weighted by Crippen LogP contribution is -2.56. The minimum Gasteiger partial charge on any atom is -0.462 e. The fourth-order valence-corrected chi connectivity index (χ4v) is 4.70. The van der Waals surface area contributed by atoms with Crippen molar-refractivity contribution in [2.45, 2.75) is 66.3 Å². The zero-order valence-corrected chi connectivity index (χ0v) is 22.1. The number of esters is 1. The smallest absolute Gasteiger partial charge is 0.342 e. The fourth-order valence-electron chi connectivity index (χ4n) is 4.70. The molecule has 1 aliphatic heterocycles. The molecule has 1 aromatic carbocycles. The van der Waals surface area contributed by atoms with Crippen molar-refractivity contribution in [1.82, 2.24) is 19.8 Å². The normalized spacial score (nSPS) is 16.5.